The van der Waals surface area contributed by atoms with Gasteiger partial charge in [-0.2, -0.15) is 13.2 Å². The van der Waals surface area contributed by atoms with Gasteiger partial charge in [0, 0.05) is 27.3 Å². The summed E-state index contributed by atoms with van der Waals surface area (Å²) in [7, 11) is 0. The van der Waals surface area contributed by atoms with Crippen LogP contribution in [0, 0.1) is 0 Å². The van der Waals surface area contributed by atoms with E-state index in [0.717, 1.165) is 41.8 Å². The number of hydrogen-bond acceptors (Lipinski definition) is 3. The normalized spacial score (nSPS) is 13.7. The van der Waals surface area contributed by atoms with Crippen LogP contribution < -0.4 is 0 Å². The Morgan fingerprint density at radius 2 is 1.62 bits per heavy atom. The molecule has 0 spiro atoms. The van der Waals surface area contributed by atoms with Crippen molar-refractivity contribution in [2.24, 2.45) is 0 Å². The molecular weight excluding hydrogens is 357 g/mol. The molecule has 1 aliphatic rings. The van der Waals surface area contributed by atoms with Crippen molar-refractivity contribution in [1.29, 1.82) is 0 Å². The van der Waals surface area contributed by atoms with Gasteiger partial charge in [-0.1, -0.05) is 42.5 Å². The molecule has 1 heterocycles. The Bertz CT molecular complexity index is 940. The second-order valence-electron chi connectivity index (χ2n) is 6.12. The maximum atomic E-state index is 12.7. The fraction of sp³-hybridized carbons (Fsp3) is 0.200. The number of aryl methyl sites for hydroxylation is 1. The Kier molecular flexibility index (Phi) is 4.44. The van der Waals surface area contributed by atoms with Crippen LogP contribution in [0.4, 0.5) is 13.2 Å². The average molecular weight is 372 g/mol. The van der Waals surface area contributed by atoms with E-state index < -0.39 is 5.51 Å². The number of benzene rings is 2. The molecule has 0 bridgehead atoms. The largest absolute Gasteiger partial charge is 0.446 e. The van der Waals surface area contributed by atoms with Gasteiger partial charge in [0.05, 0.1) is 5.69 Å². The zero-order valence-electron chi connectivity index (χ0n) is 13.8. The summed E-state index contributed by atoms with van der Waals surface area (Å²) in [5, 5.41) is 0. The summed E-state index contributed by atoms with van der Waals surface area (Å²) in [5.74, 6) is 0.620. The summed E-state index contributed by atoms with van der Waals surface area (Å²) in [6.07, 6.45) is 2.73. The van der Waals surface area contributed by atoms with E-state index in [2.05, 4.69) is 0 Å². The molecule has 26 heavy (non-hydrogen) atoms. The molecule has 4 rings (SSSR count). The molecule has 0 unspecified atom stereocenters. The Morgan fingerprint density at radius 1 is 0.846 bits per heavy atom. The van der Waals surface area contributed by atoms with Crippen molar-refractivity contribution < 1.29 is 13.2 Å². The minimum absolute atomic E-state index is 0.1000. The second kappa shape index (κ2) is 6.76. The third kappa shape index (κ3) is 3.60. The van der Waals surface area contributed by atoms with Crippen molar-refractivity contribution >= 4 is 11.8 Å². The van der Waals surface area contributed by atoms with E-state index in [0.29, 0.717) is 11.4 Å². The number of thioether (sulfide) groups is 1. The molecule has 0 amide bonds. The van der Waals surface area contributed by atoms with Crippen LogP contribution in [0.25, 0.3) is 22.6 Å². The minimum Gasteiger partial charge on any atom is -0.233 e. The number of hydrogen-bond donors (Lipinski definition) is 0. The lowest BCUT2D eigenvalue weighted by molar-refractivity contribution is -0.0328. The van der Waals surface area contributed by atoms with E-state index in [9.17, 15) is 13.2 Å². The number of rotatable bonds is 3. The first kappa shape index (κ1) is 17.1. The molecule has 3 aromatic rings. The highest BCUT2D eigenvalue weighted by Gasteiger charge is 2.29. The van der Waals surface area contributed by atoms with E-state index >= 15 is 0 Å². The molecular formula is C20H15F3N2S. The Balaban J connectivity index is 1.82. The van der Waals surface area contributed by atoms with E-state index in [4.69, 9.17) is 9.97 Å². The van der Waals surface area contributed by atoms with Crippen LogP contribution in [-0.2, 0) is 12.8 Å². The van der Waals surface area contributed by atoms with Gasteiger partial charge in [0.2, 0.25) is 0 Å². The lowest BCUT2D eigenvalue weighted by Crippen LogP contribution is -2.01. The summed E-state index contributed by atoms with van der Waals surface area (Å²) in [6.45, 7) is 0. The molecule has 0 N–H and O–H groups in total. The van der Waals surface area contributed by atoms with Gasteiger partial charge in [0.15, 0.2) is 5.82 Å². The van der Waals surface area contributed by atoms with Gasteiger partial charge in [-0.25, -0.2) is 9.97 Å². The van der Waals surface area contributed by atoms with Crippen molar-refractivity contribution in [2.75, 3.05) is 0 Å². The van der Waals surface area contributed by atoms with Gasteiger partial charge >= 0.3 is 5.51 Å². The zero-order chi connectivity index (χ0) is 18.1. The second-order valence-corrected chi connectivity index (χ2v) is 7.25. The Labute approximate surface area is 153 Å². The fourth-order valence-corrected chi connectivity index (χ4v) is 3.83. The molecule has 132 valence electrons. The highest BCUT2D eigenvalue weighted by atomic mass is 32.2. The number of fused-ring (bicyclic) bond motifs is 1. The number of alkyl halides is 3. The molecule has 0 radical (unpaired) electrons. The highest BCUT2D eigenvalue weighted by molar-refractivity contribution is 8.00. The molecule has 0 aliphatic heterocycles. The maximum Gasteiger partial charge on any atom is 0.446 e. The summed E-state index contributed by atoms with van der Waals surface area (Å²) >= 11 is -0.1000. The molecule has 0 saturated carbocycles. The quantitative estimate of drug-likeness (QED) is 0.535. The van der Waals surface area contributed by atoms with Gasteiger partial charge in [0.25, 0.3) is 0 Å². The fourth-order valence-electron chi connectivity index (χ4n) is 3.23. The average Bonchev–Trinajstić information content (AvgIpc) is 3.09. The molecule has 1 aromatic heterocycles. The third-order valence-corrected chi connectivity index (χ3v) is 5.03. The van der Waals surface area contributed by atoms with Gasteiger partial charge in [-0.15, -0.1) is 0 Å². The van der Waals surface area contributed by atoms with Crippen molar-refractivity contribution in [3.8, 4) is 22.6 Å². The van der Waals surface area contributed by atoms with Gasteiger partial charge in [-0.05, 0) is 43.2 Å². The smallest absolute Gasteiger partial charge is 0.233 e. The van der Waals surface area contributed by atoms with Crippen LogP contribution in [0.2, 0.25) is 0 Å². The van der Waals surface area contributed by atoms with Crippen LogP contribution in [0.3, 0.4) is 0 Å². The monoisotopic (exact) mass is 372 g/mol. The highest BCUT2D eigenvalue weighted by Crippen LogP contribution is 2.39. The predicted molar refractivity (Wildman–Crippen MR) is 96.8 cm³/mol. The van der Waals surface area contributed by atoms with Crippen LogP contribution >= 0.6 is 11.8 Å². The predicted octanol–water partition coefficient (Wildman–Crippen LogP) is 5.91. The molecule has 0 atom stereocenters. The zero-order valence-corrected chi connectivity index (χ0v) is 14.6. The molecule has 2 nitrogen and oxygen atoms in total. The lowest BCUT2D eigenvalue weighted by Gasteiger charge is -2.12. The first-order valence-corrected chi connectivity index (χ1v) is 9.13. The van der Waals surface area contributed by atoms with Crippen molar-refractivity contribution in [3.63, 3.8) is 0 Å². The standard InChI is InChI=1S/C20H15F3N2S/c21-20(22,23)26-15-9-4-8-14(12-15)18-16-10-5-11-17(16)24-19(25-18)13-6-2-1-3-7-13/h1-4,6-9,12H,5,10-11H2. The SMILES string of the molecule is FC(F)(F)Sc1cccc(-c2nc(-c3ccccc3)nc3c2CCC3)c1. The van der Waals surface area contributed by atoms with Crippen LogP contribution in [0.5, 0.6) is 0 Å². The lowest BCUT2D eigenvalue weighted by atomic mass is 10.0. The topological polar surface area (TPSA) is 25.8 Å². The van der Waals surface area contributed by atoms with E-state index in [1.54, 1.807) is 12.1 Å². The van der Waals surface area contributed by atoms with Gasteiger partial charge in [-0.3, -0.25) is 0 Å². The van der Waals surface area contributed by atoms with E-state index in [-0.39, 0.29) is 16.7 Å². The van der Waals surface area contributed by atoms with Crippen LogP contribution in [0.15, 0.2) is 59.5 Å². The minimum atomic E-state index is -4.30. The molecule has 6 heteroatoms. The maximum absolute atomic E-state index is 12.7. The Morgan fingerprint density at radius 3 is 2.38 bits per heavy atom. The summed E-state index contributed by atoms with van der Waals surface area (Å²) in [4.78, 5) is 9.58. The van der Waals surface area contributed by atoms with E-state index in [1.165, 1.54) is 6.07 Å². The van der Waals surface area contributed by atoms with Crippen LogP contribution in [-0.4, -0.2) is 15.5 Å². The third-order valence-electron chi connectivity index (χ3n) is 4.31. The van der Waals surface area contributed by atoms with Gasteiger partial charge < -0.3 is 0 Å². The number of aromatic nitrogens is 2. The van der Waals surface area contributed by atoms with Crippen LogP contribution in [0.1, 0.15) is 17.7 Å². The first-order chi connectivity index (χ1) is 12.5. The first-order valence-electron chi connectivity index (χ1n) is 8.31. The van der Waals surface area contributed by atoms with Crippen molar-refractivity contribution in [2.45, 2.75) is 29.7 Å². The number of halogens is 3. The molecule has 2 aromatic carbocycles. The molecule has 0 saturated heterocycles. The van der Waals surface area contributed by atoms with Crippen molar-refractivity contribution in [3.05, 3.63) is 65.9 Å². The molecule has 1 aliphatic carbocycles. The number of nitrogens with zero attached hydrogens (tertiary/aromatic N) is 2. The summed E-state index contributed by atoms with van der Waals surface area (Å²) in [6, 6.07) is 16.2. The van der Waals surface area contributed by atoms with Gasteiger partial charge in [0.1, 0.15) is 0 Å². The van der Waals surface area contributed by atoms with E-state index in [1.807, 2.05) is 36.4 Å². The van der Waals surface area contributed by atoms with Crippen molar-refractivity contribution in [1.82, 2.24) is 9.97 Å². The molecule has 0 fully saturated rings. The Hall–Kier alpha value is -2.34. The summed E-state index contributed by atoms with van der Waals surface area (Å²) in [5.41, 5.74) is 0.111. The summed E-state index contributed by atoms with van der Waals surface area (Å²) < 4.78 is 38.2.